The monoisotopic (exact) mass is 261 g/mol. The summed E-state index contributed by atoms with van der Waals surface area (Å²) in [7, 11) is 1.67. The van der Waals surface area contributed by atoms with Crippen LogP contribution in [0.25, 0.3) is 11.0 Å². The Hall–Kier alpha value is -1.48. The number of ether oxygens (including phenoxy) is 1. The van der Waals surface area contributed by atoms with Crippen molar-refractivity contribution in [1.29, 1.82) is 0 Å². The lowest BCUT2D eigenvalue weighted by Gasteiger charge is -2.17. The second-order valence-corrected chi connectivity index (χ2v) is 5.11. The number of rotatable bonds is 6. The van der Waals surface area contributed by atoms with Crippen LogP contribution in [-0.2, 0) is 0 Å². The Bertz CT molecular complexity index is 533. The highest BCUT2D eigenvalue weighted by Gasteiger charge is 2.15. The first-order chi connectivity index (χ1) is 9.15. The Morgan fingerprint density at radius 3 is 2.79 bits per heavy atom. The predicted octanol–water partition coefficient (Wildman–Crippen LogP) is 4.28. The number of methoxy groups -OCH3 is 1. The van der Waals surface area contributed by atoms with E-state index in [1.165, 1.54) is 12.8 Å². The fourth-order valence-corrected chi connectivity index (χ4v) is 2.46. The first-order valence-corrected chi connectivity index (χ1v) is 6.98. The third kappa shape index (κ3) is 3.10. The quantitative estimate of drug-likeness (QED) is 0.842. The minimum Gasteiger partial charge on any atom is -0.493 e. The summed E-state index contributed by atoms with van der Waals surface area (Å²) < 4.78 is 11.3. The van der Waals surface area contributed by atoms with Crippen LogP contribution in [-0.4, -0.2) is 13.2 Å². The summed E-state index contributed by atoms with van der Waals surface area (Å²) in [5.41, 5.74) is 0.830. The molecule has 0 aliphatic rings. The standard InChI is InChI=1S/C16H23NO2/c1-5-7-11(2)17-12(3)15-10-13-8-6-9-14(18-4)16(13)19-15/h6,8-12,17H,5,7H2,1-4H3. The van der Waals surface area contributed by atoms with Gasteiger partial charge in [0.15, 0.2) is 11.3 Å². The molecule has 2 unspecified atom stereocenters. The molecule has 1 aromatic heterocycles. The highest BCUT2D eigenvalue weighted by Crippen LogP contribution is 2.30. The van der Waals surface area contributed by atoms with E-state index in [0.29, 0.717) is 6.04 Å². The lowest BCUT2D eigenvalue weighted by Crippen LogP contribution is -2.28. The number of fused-ring (bicyclic) bond motifs is 1. The fourth-order valence-electron chi connectivity index (χ4n) is 2.46. The van der Waals surface area contributed by atoms with Crippen LogP contribution >= 0.6 is 0 Å². The number of benzene rings is 1. The van der Waals surface area contributed by atoms with E-state index < -0.39 is 0 Å². The first kappa shape index (κ1) is 13.9. The second-order valence-electron chi connectivity index (χ2n) is 5.11. The van der Waals surface area contributed by atoms with E-state index in [-0.39, 0.29) is 6.04 Å². The molecule has 1 N–H and O–H groups in total. The molecule has 104 valence electrons. The van der Waals surface area contributed by atoms with Gasteiger partial charge in [-0.25, -0.2) is 0 Å². The van der Waals surface area contributed by atoms with Crippen LogP contribution in [0.3, 0.4) is 0 Å². The van der Waals surface area contributed by atoms with Crippen LogP contribution in [0, 0.1) is 0 Å². The van der Waals surface area contributed by atoms with Gasteiger partial charge in [-0.05, 0) is 32.4 Å². The topological polar surface area (TPSA) is 34.4 Å². The van der Waals surface area contributed by atoms with Crippen molar-refractivity contribution in [2.24, 2.45) is 0 Å². The van der Waals surface area contributed by atoms with Crippen molar-refractivity contribution < 1.29 is 9.15 Å². The van der Waals surface area contributed by atoms with Crippen LogP contribution in [0.15, 0.2) is 28.7 Å². The number of furan rings is 1. The van der Waals surface area contributed by atoms with Crippen LogP contribution in [0.2, 0.25) is 0 Å². The van der Waals surface area contributed by atoms with E-state index in [1.807, 2.05) is 18.2 Å². The number of hydrogen-bond donors (Lipinski definition) is 1. The molecule has 0 aliphatic carbocycles. The van der Waals surface area contributed by atoms with Crippen LogP contribution in [0.4, 0.5) is 0 Å². The van der Waals surface area contributed by atoms with Gasteiger partial charge in [0.05, 0.1) is 13.2 Å². The zero-order valence-electron chi connectivity index (χ0n) is 12.2. The molecular weight excluding hydrogens is 238 g/mol. The molecule has 19 heavy (non-hydrogen) atoms. The third-order valence-corrected chi connectivity index (χ3v) is 3.43. The highest BCUT2D eigenvalue weighted by molar-refractivity contribution is 5.83. The molecule has 0 bridgehead atoms. The van der Waals surface area contributed by atoms with Crippen molar-refractivity contribution in [3.63, 3.8) is 0 Å². The molecule has 2 rings (SSSR count). The molecule has 0 amide bonds. The summed E-state index contributed by atoms with van der Waals surface area (Å²) in [6.45, 7) is 6.55. The lowest BCUT2D eigenvalue weighted by molar-refractivity contribution is 0.383. The van der Waals surface area contributed by atoms with Gasteiger partial charge in [0, 0.05) is 11.4 Å². The molecule has 1 aromatic carbocycles. The zero-order chi connectivity index (χ0) is 13.8. The Kier molecular flexibility index (Phi) is 4.48. The smallest absolute Gasteiger partial charge is 0.176 e. The van der Waals surface area contributed by atoms with E-state index in [1.54, 1.807) is 7.11 Å². The number of para-hydroxylation sites is 1. The van der Waals surface area contributed by atoms with Gasteiger partial charge in [-0.1, -0.05) is 25.5 Å². The van der Waals surface area contributed by atoms with Crippen molar-refractivity contribution in [2.45, 2.75) is 45.7 Å². The summed E-state index contributed by atoms with van der Waals surface area (Å²) >= 11 is 0. The maximum Gasteiger partial charge on any atom is 0.176 e. The molecule has 2 atom stereocenters. The predicted molar refractivity (Wildman–Crippen MR) is 78.7 cm³/mol. The SMILES string of the molecule is CCCC(C)NC(C)c1cc2cccc(OC)c2o1. The minimum absolute atomic E-state index is 0.207. The molecular formula is C16H23NO2. The van der Waals surface area contributed by atoms with Gasteiger partial charge < -0.3 is 14.5 Å². The van der Waals surface area contributed by atoms with Crippen molar-refractivity contribution in [1.82, 2.24) is 5.32 Å². The fraction of sp³-hybridized carbons (Fsp3) is 0.500. The van der Waals surface area contributed by atoms with Crippen molar-refractivity contribution >= 4 is 11.0 Å². The summed E-state index contributed by atoms with van der Waals surface area (Å²) in [6, 6.07) is 8.75. The summed E-state index contributed by atoms with van der Waals surface area (Å²) in [6.07, 6.45) is 2.36. The van der Waals surface area contributed by atoms with E-state index in [0.717, 1.165) is 22.5 Å². The molecule has 0 saturated heterocycles. The van der Waals surface area contributed by atoms with Gasteiger partial charge in [0.1, 0.15) is 5.76 Å². The average Bonchev–Trinajstić information content (AvgIpc) is 2.82. The van der Waals surface area contributed by atoms with Crippen LogP contribution < -0.4 is 10.1 Å². The van der Waals surface area contributed by atoms with E-state index in [2.05, 4.69) is 32.2 Å². The molecule has 3 heteroatoms. The van der Waals surface area contributed by atoms with E-state index in [4.69, 9.17) is 9.15 Å². The average molecular weight is 261 g/mol. The van der Waals surface area contributed by atoms with Crippen molar-refractivity contribution in [3.8, 4) is 5.75 Å². The Morgan fingerprint density at radius 1 is 1.32 bits per heavy atom. The second kappa shape index (κ2) is 6.11. The van der Waals surface area contributed by atoms with Crippen molar-refractivity contribution in [2.75, 3.05) is 7.11 Å². The summed E-state index contributed by atoms with van der Waals surface area (Å²) in [5.74, 6) is 1.75. The third-order valence-electron chi connectivity index (χ3n) is 3.43. The van der Waals surface area contributed by atoms with Gasteiger partial charge >= 0.3 is 0 Å². The molecule has 0 spiro atoms. The number of nitrogens with one attached hydrogen (secondary N) is 1. The minimum atomic E-state index is 0.207. The molecule has 2 aromatic rings. The molecule has 1 heterocycles. The summed E-state index contributed by atoms with van der Waals surface area (Å²) in [5, 5.41) is 4.65. The van der Waals surface area contributed by atoms with Gasteiger partial charge in [-0.15, -0.1) is 0 Å². The number of hydrogen-bond acceptors (Lipinski definition) is 3. The molecule has 0 fully saturated rings. The lowest BCUT2D eigenvalue weighted by atomic mass is 10.1. The Morgan fingerprint density at radius 2 is 2.11 bits per heavy atom. The normalized spacial score (nSPS) is 14.5. The van der Waals surface area contributed by atoms with Gasteiger partial charge in [-0.2, -0.15) is 0 Å². The van der Waals surface area contributed by atoms with E-state index >= 15 is 0 Å². The van der Waals surface area contributed by atoms with Gasteiger partial charge in [0.25, 0.3) is 0 Å². The van der Waals surface area contributed by atoms with Crippen molar-refractivity contribution in [3.05, 3.63) is 30.0 Å². The van der Waals surface area contributed by atoms with Crippen LogP contribution in [0.5, 0.6) is 5.75 Å². The Labute approximate surface area is 114 Å². The maximum absolute atomic E-state index is 5.94. The van der Waals surface area contributed by atoms with Gasteiger partial charge in [-0.3, -0.25) is 0 Å². The molecule has 0 radical (unpaired) electrons. The summed E-state index contributed by atoms with van der Waals surface area (Å²) in [4.78, 5) is 0. The molecule has 3 nitrogen and oxygen atoms in total. The molecule has 0 saturated carbocycles. The first-order valence-electron chi connectivity index (χ1n) is 6.98. The molecule has 0 aliphatic heterocycles. The van der Waals surface area contributed by atoms with Crippen LogP contribution in [0.1, 0.15) is 45.4 Å². The maximum atomic E-state index is 5.94. The van der Waals surface area contributed by atoms with Gasteiger partial charge in [0.2, 0.25) is 0 Å². The highest BCUT2D eigenvalue weighted by atomic mass is 16.5. The van der Waals surface area contributed by atoms with E-state index in [9.17, 15) is 0 Å². The zero-order valence-corrected chi connectivity index (χ0v) is 12.2. The Balaban J connectivity index is 2.21. The largest absolute Gasteiger partial charge is 0.493 e.